The van der Waals surface area contributed by atoms with Crippen molar-refractivity contribution in [1.82, 2.24) is 4.31 Å². The molecule has 19 heavy (non-hydrogen) atoms. The third kappa shape index (κ3) is 3.80. The van der Waals surface area contributed by atoms with E-state index in [1.54, 1.807) is 10.4 Å². The third-order valence-electron chi connectivity index (χ3n) is 3.11. The topological polar surface area (TPSA) is 37.4 Å². The highest BCUT2D eigenvalue weighted by Gasteiger charge is 2.25. The fraction of sp³-hybridized carbons (Fsp3) is 0.571. The summed E-state index contributed by atoms with van der Waals surface area (Å²) in [5.41, 5.74) is 2.08. The zero-order chi connectivity index (χ0) is 14.6. The van der Waals surface area contributed by atoms with Crippen molar-refractivity contribution in [2.45, 2.75) is 45.4 Å². The van der Waals surface area contributed by atoms with Crippen LogP contribution in [-0.4, -0.2) is 25.8 Å². The molecule has 0 aliphatic heterocycles. The summed E-state index contributed by atoms with van der Waals surface area (Å²) < 4.78 is 27.6. The maximum atomic E-state index is 12.7. The fourth-order valence-corrected chi connectivity index (χ4v) is 4.77. The SMILES string of the molecule is CCCN(CCC)S(=O)(=O)c1cc(C)c(C)cc1Br. The van der Waals surface area contributed by atoms with E-state index in [0.717, 1.165) is 24.0 Å². The summed E-state index contributed by atoms with van der Waals surface area (Å²) >= 11 is 3.38. The predicted molar refractivity (Wildman–Crippen MR) is 83.0 cm³/mol. The minimum atomic E-state index is -3.41. The number of hydrogen-bond donors (Lipinski definition) is 0. The number of nitrogens with zero attached hydrogens (tertiary/aromatic N) is 1. The fourth-order valence-electron chi connectivity index (χ4n) is 1.94. The molecule has 0 aliphatic rings. The molecule has 108 valence electrons. The molecule has 0 radical (unpaired) electrons. The van der Waals surface area contributed by atoms with Crippen molar-refractivity contribution >= 4 is 26.0 Å². The number of halogens is 1. The Labute approximate surface area is 125 Å². The molecule has 0 heterocycles. The molecule has 0 aliphatic carbocycles. The molecular weight excluding hydrogens is 326 g/mol. The summed E-state index contributed by atoms with van der Waals surface area (Å²) in [5, 5.41) is 0. The lowest BCUT2D eigenvalue weighted by molar-refractivity contribution is 0.409. The lowest BCUT2D eigenvalue weighted by Crippen LogP contribution is -2.32. The van der Waals surface area contributed by atoms with Crippen LogP contribution in [0, 0.1) is 13.8 Å². The van der Waals surface area contributed by atoms with Crippen molar-refractivity contribution in [3.63, 3.8) is 0 Å². The van der Waals surface area contributed by atoms with Crippen LogP contribution in [0.4, 0.5) is 0 Å². The summed E-state index contributed by atoms with van der Waals surface area (Å²) in [6.45, 7) is 9.03. The van der Waals surface area contributed by atoms with E-state index < -0.39 is 10.0 Å². The first-order chi connectivity index (χ1) is 8.84. The van der Waals surface area contributed by atoms with Gasteiger partial charge in [-0.25, -0.2) is 8.42 Å². The van der Waals surface area contributed by atoms with E-state index in [1.165, 1.54) is 0 Å². The second kappa shape index (κ2) is 6.86. The van der Waals surface area contributed by atoms with Gasteiger partial charge in [-0.05, 0) is 65.9 Å². The highest BCUT2D eigenvalue weighted by Crippen LogP contribution is 2.28. The second-order valence-electron chi connectivity index (χ2n) is 4.77. The molecule has 0 spiro atoms. The molecule has 0 bridgehead atoms. The Bertz CT molecular complexity index is 535. The molecule has 0 N–H and O–H groups in total. The number of rotatable bonds is 6. The Morgan fingerprint density at radius 1 is 1.05 bits per heavy atom. The van der Waals surface area contributed by atoms with Gasteiger partial charge in [0.25, 0.3) is 0 Å². The number of aryl methyl sites for hydroxylation is 2. The molecule has 0 fully saturated rings. The quantitative estimate of drug-likeness (QED) is 0.782. The molecule has 1 rings (SSSR count). The largest absolute Gasteiger partial charge is 0.244 e. The summed E-state index contributed by atoms with van der Waals surface area (Å²) in [5.74, 6) is 0. The van der Waals surface area contributed by atoms with E-state index in [9.17, 15) is 8.42 Å². The Kier molecular flexibility index (Phi) is 6.02. The van der Waals surface area contributed by atoms with Gasteiger partial charge in [-0.1, -0.05) is 13.8 Å². The predicted octanol–water partition coefficient (Wildman–Crippen LogP) is 3.88. The Morgan fingerprint density at radius 2 is 1.53 bits per heavy atom. The lowest BCUT2D eigenvalue weighted by Gasteiger charge is -2.22. The van der Waals surface area contributed by atoms with Crippen LogP contribution in [0.2, 0.25) is 0 Å². The van der Waals surface area contributed by atoms with E-state index >= 15 is 0 Å². The van der Waals surface area contributed by atoms with Crippen LogP contribution in [0.5, 0.6) is 0 Å². The highest BCUT2D eigenvalue weighted by atomic mass is 79.9. The van der Waals surface area contributed by atoms with Crippen LogP contribution < -0.4 is 0 Å². The Morgan fingerprint density at radius 3 is 2.00 bits per heavy atom. The average Bonchev–Trinajstić information content (AvgIpc) is 2.33. The average molecular weight is 348 g/mol. The highest BCUT2D eigenvalue weighted by molar-refractivity contribution is 9.10. The molecule has 0 saturated carbocycles. The number of benzene rings is 1. The van der Waals surface area contributed by atoms with Gasteiger partial charge in [-0.15, -0.1) is 0 Å². The van der Waals surface area contributed by atoms with Crippen molar-refractivity contribution < 1.29 is 8.42 Å². The number of sulfonamides is 1. The third-order valence-corrected chi connectivity index (χ3v) is 5.97. The molecule has 1 aromatic carbocycles. The van der Waals surface area contributed by atoms with Gasteiger partial charge in [0.2, 0.25) is 10.0 Å². The number of hydrogen-bond acceptors (Lipinski definition) is 2. The van der Waals surface area contributed by atoms with Crippen molar-refractivity contribution in [3.05, 3.63) is 27.7 Å². The standard InChI is InChI=1S/C14H22BrNO2S/c1-5-7-16(8-6-2)19(17,18)14-10-12(4)11(3)9-13(14)15/h9-10H,5-8H2,1-4H3. The van der Waals surface area contributed by atoms with Crippen LogP contribution in [0.25, 0.3) is 0 Å². The minimum Gasteiger partial charge on any atom is -0.207 e. The first-order valence-electron chi connectivity index (χ1n) is 6.61. The van der Waals surface area contributed by atoms with E-state index in [-0.39, 0.29) is 0 Å². The van der Waals surface area contributed by atoms with E-state index in [0.29, 0.717) is 22.5 Å². The molecule has 0 unspecified atom stereocenters. The summed E-state index contributed by atoms with van der Waals surface area (Å²) in [4.78, 5) is 0.373. The smallest absolute Gasteiger partial charge is 0.207 e. The van der Waals surface area contributed by atoms with Gasteiger partial charge in [0.1, 0.15) is 0 Å². The van der Waals surface area contributed by atoms with Gasteiger partial charge < -0.3 is 0 Å². The zero-order valence-corrected chi connectivity index (χ0v) is 14.4. The molecule has 3 nitrogen and oxygen atoms in total. The molecule has 5 heteroatoms. The molecule has 1 aromatic rings. The van der Waals surface area contributed by atoms with Crippen molar-refractivity contribution in [3.8, 4) is 0 Å². The van der Waals surface area contributed by atoms with E-state index in [4.69, 9.17) is 0 Å². The Balaban J connectivity index is 3.28. The van der Waals surface area contributed by atoms with Crippen LogP contribution in [-0.2, 0) is 10.0 Å². The van der Waals surface area contributed by atoms with Crippen LogP contribution in [0.3, 0.4) is 0 Å². The maximum absolute atomic E-state index is 12.7. The van der Waals surface area contributed by atoms with E-state index in [2.05, 4.69) is 15.9 Å². The first-order valence-corrected chi connectivity index (χ1v) is 8.84. The summed E-state index contributed by atoms with van der Waals surface area (Å²) in [6, 6.07) is 3.63. The van der Waals surface area contributed by atoms with Gasteiger partial charge in [0, 0.05) is 17.6 Å². The van der Waals surface area contributed by atoms with E-state index in [1.807, 2.05) is 33.8 Å². The normalized spacial score (nSPS) is 12.1. The summed E-state index contributed by atoms with van der Waals surface area (Å²) in [7, 11) is -3.41. The van der Waals surface area contributed by atoms with Crippen molar-refractivity contribution in [2.75, 3.05) is 13.1 Å². The minimum absolute atomic E-state index is 0.373. The maximum Gasteiger partial charge on any atom is 0.244 e. The molecular formula is C14H22BrNO2S. The van der Waals surface area contributed by atoms with Gasteiger partial charge in [0.05, 0.1) is 4.90 Å². The Hall–Kier alpha value is -0.390. The summed E-state index contributed by atoms with van der Waals surface area (Å²) in [6.07, 6.45) is 1.64. The van der Waals surface area contributed by atoms with Gasteiger partial charge in [0.15, 0.2) is 0 Å². The van der Waals surface area contributed by atoms with Crippen molar-refractivity contribution in [1.29, 1.82) is 0 Å². The van der Waals surface area contributed by atoms with Gasteiger partial charge in [-0.3, -0.25) is 0 Å². The van der Waals surface area contributed by atoms with Crippen molar-refractivity contribution in [2.24, 2.45) is 0 Å². The first kappa shape index (κ1) is 16.7. The van der Waals surface area contributed by atoms with Crippen LogP contribution in [0.1, 0.15) is 37.8 Å². The van der Waals surface area contributed by atoms with Gasteiger partial charge in [-0.2, -0.15) is 4.31 Å². The monoisotopic (exact) mass is 347 g/mol. The molecule has 0 amide bonds. The second-order valence-corrected chi connectivity index (χ2v) is 7.53. The lowest BCUT2D eigenvalue weighted by atomic mass is 10.1. The zero-order valence-electron chi connectivity index (χ0n) is 12.0. The molecule has 0 aromatic heterocycles. The van der Waals surface area contributed by atoms with Crippen LogP contribution in [0.15, 0.2) is 21.5 Å². The molecule has 0 atom stereocenters. The van der Waals surface area contributed by atoms with Crippen LogP contribution >= 0.6 is 15.9 Å². The van der Waals surface area contributed by atoms with Gasteiger partial charge >= 0.3 is 0 Å². The molecule has 0 saturated heterocycles.